The van der Waals surface area contributed by atoms with E-state index in [1.807, 2.05) is 32.7 Å². The highest BCUT2D eigenvalue weighted by atomic mass is 32.1. The number of rotatable bonds is 5. The second-order valence-electron chi connectivity index (χ2n) is 4.63. The van der Waals surface area contributed by atoms with Gasteiger partial charge in [-0.25, -0.2) is 0 Å². The summed E-state index contributed by atoms with van der Waals surface area (Å²) in [7, 11) is 1.89. The van der Waals surface area contributed by atoms with Crippen LogP contribution in [0.3, 0.4) is 0 Å². The maximum atomic E-state index is 12.1. The Hall–Kier alpha value is -1.80. The van der Waals surface area contributed by atoms with Gasteiger partial charge in [0.05, 0.1) is 11.7 Å². The number of amides is 1. The normalized spacial score (nSPS) is 12.7. The first-order chi connectivity index (χ1) is 9.49. The zero-order valence-electron chi connectivity index (χ0n) is 11.9. The Morgan fingerprint density at radius 2 is 2.30 bits per heavy atom. The van der Waals surface area contributed by atoms with Gasteiger partial charge in [0.2, 0.25) is 11.0 Å². The number of hydrogen-bond donors (Lipinski definition) is 1. The average Bonchev–Trinajstić information content (AvgIpc) is 3.02. The molecule has 1 amide bonds. The predicted octanol–water partition coefficient (Wildman–Crippen LogP) is 1.60. The fourth-order valence-electron chi connectivity index (χ4n) is 1.75. The summed E-state index contributed by atoms with van der Waals surface area (Å²) in [5, 5.41) is 14.6. The van der Waals surface area contributed by atoms with E-state index in [0.29, 0.717) is 11.7 Å². The minimum Gasteiger partial charge on any atom is -0.361 e. The monoisotopic (exact) mass is 295 g/mol. The smallest absolute Gasteiger partial charge is 0.243 e. The van der Waals surface area contributed by atoms with Crippen LogP contribution in [-0.2, 0) is 11.3 Å². The molecule has 0 aliphatic carbocycles. The van der Waals surface area contributed by atoms with Gasteiger partial charge < -0.3 is 4.52 Å². The highest BCUT2D eigenvalue weighted by Gasteiger charge is 2.21. The van der Waals surface area contributed by atoms with Crippen LogP contribution in [0.25, 0.3) is 0 Å². The van der Waals surface area contributed by atoms with E-state index in [9.17, 15) is 4.79 Å². The molecule has 2 aromatic heterocycles. The van der Waals surface area contributed by atoms with Crippen molar-refractivity contribution in [2.75, 3.05) is 12.4 Å². The number of aromatic nitrogens is 3. The number of anilines is 1. The number of hydrogen-bond acceptors (Lipinski definition) is 7. The largest absolute Gasteiger partial charge is 0.361 e. The fourth-order valence-corrected chi connectivity index (χ4v) is 2.20. The van der Waals surface area contributed by atoms with Crippen LogP contribution in [-0.4, -0.2) is 39.3 Å². The highest BCUT2D eigenvalue weighted by Crippen LogP contribution is 2.16. The number of aryl methyl sites for hydroxylation is 2. The van der Waals surface area contributed by atoms with Gasteiger partial charge in [0, 0.05) is 12.1 Å². The molecule has 1 N–H and O–H groups in total. The molecule has 2 rings (SSSR count). The van der Waals surface area contributed by atoms with Gasteiger partial charge in [-0.1, -0.05) is 16.5 Å². The molecule has 8 heteroatoms. The van der Waals surface area contributed by atoms with Crippen molar-refractivity contribution in [1.29, 1.82) is 0 Å². The summed E-state index contributed by atoms with van der Waals surface area (Å²) >= 11 is 1.29. The van der Waals surface area contributed by atoms with Gasteiger partial charge in [-0.2, -0.15) is 0 Å². The van der Waals surface area contributed by atoms with Gasteiger partial charge in [-0.05, 0) is 27.8 Å². The molecule has 0 aromatic carbocycles. The topological polar surface area (TPSA) is 84.2 Å². The van der Waals surface area contributed by atoms with E-state index in [-0.39, 0.29) is 11.9 Å². The quantitative estimate of drug-likeness (QED) is 0.902. The maximum Gasteiger partial charge on any atom is 0.243 e. The molecular formula is C12H17N5O2S. The summed E-state index contributed by atoms with van der Waals surface area (Å²) in [6, 6.07) is -0.299. The highest BCUT2D eigenvalue weighted by molar-refractivity contribution is 7.13. The van der Waals surface area contributed by atoms with Gasteiger partial charge in [0.25, 0.3) is 0 Å². The van der Waals surface area contributed by atoms with Gasteiger partial charge in [0.1, 0.15) is 11.3 Å². The molecule has 0 bridgehead atoms. The van der Waals surface area contributed by atoms with Crippen molar-refractivity contribution in [3.05, 3.63) is 22.5 Å². The number of carbonyl (C=O) groups is 1. The third-order valence-electron chi connectivity index (χ3n) is 3.22. The molecule has 0 aliphatic heterocycles. The summed E-state index contributed by atoms with van der Waals surface area (Å²) in [4.78, 5) is 14.0. The Kier molecular flexibility index (Phi) is 4.46. The molecule has 0 unspecified atom stereocenters. The van der Waals surface area contributed by atoms with Crippen LogP contribution in [0, 0.1) is 13.8 Å². The molecule has 0 spiro atoms. The SMILES string of the molecule is Cc1noc(C)c1CN(C)[C@@H](C)C(=O)Nc1nncs1. The van der Waals surface area contributed by atoms with E-state index < -0.39 is 0 Å². The van der Waals surface area contributed by atoms with Crippen LogP contribution in [0.5, 0.6) is 0 Å². The lowest BCUT2D eigenvalue weighted by molar-refractivity contribution is -0.120. The molecule has 0 saturated carbocycles. The van der Waals surface area contributed by atoms with Crippen molar-refractivity contribution in [3.63, 3.8) is 0 Å². The Bertz CT molecular complexity index is 561. The van der Waals surface area contributed by atoms with Crippen LogP contribution < -0.4 is 5.32 Å². The van der Waals surface area contributed by atoms with E-state index >= 15 is 0 Å². The molecular weight excluding hydrogens is 278 g/mol. The van der Waals surface area contributed by atoms with E-state index in [0.717, 1.165) is 17.0 Å². The summed E-state index contributed by atoms with van der Waals surface area (Å²) in [5.74, 6) is 0.669. The standard InChI is InChI=1S/C12H17N5O2S/c1-7-10(9(3)19-16-7)5-17(4)8(2)11(18)14-12-15-13-6-20-12/h6,8H,5H2,1-4H3,(H,14,15,18)/t8-/m0/s1. The molecule has 0 fully saturated rings. The number of carbonyl (C=O) groups excluding carboxylic acids is 1. The molecule has 2 heterocycles. The summed E-state index contributed by atoms with van der Waals surface area (Å²) in [6.07, 6.45) is 0. The molecule has 108 valence electrons. The number of likely N-dealkylation sites (N-methyl/N-ethyl adjacent to an activating group) is 1. The minimum atomic E-state index is -0.299. The predicted molar refractivity (Wildman–Crippen MR) is 75.4 cm³/mol. The zero-order chi connectivity index (χ0) is 14.7. The van der Waals surface area contributed by atoms with Crippen LogP contribution in [0.15, 0.2) is 10.0 Å². The molecule has 1 atom stereocenters. The first kappa shape index (κ1) is 14.6. The van der Waals surface area contributed by atoms with E-state index in [1.54, 1.807) is 5.51 Å². The van der Waals surface area contributed by atoms with Crippen molar-refractivity contribution in [1.82, 2.24) is 20.3 Å². The lowest BCUT2D eigenvalue weighted by Gasteiger charge is -2.23. The molecule has 0 radical (unpaired) electrons. The van der Waals surface area contributed by atoms with Crippen molar-refractivity contribution >= 4 is 22.4 Å². The van der Waals surface area contributed by atoms with Crippen LogP contribution >= 0.6 is 11.3 Å². The first-order valence-electron chi connectivity index (χ1n) is 6.18. The van der Waals surface area contributed by atoms with Crippen LogP contribution in [0.1, 0.15) is 23.9 Å². The summed E-state index contributed by atoms with van der Waals surface area (Å²) in [6.45, 7) is 6.21. The lowest BCUT2D eigenvalue weighted by Crippen LogP contribution is -2.39. The van der Waals surface area contributed by atoms with Crippen LogP contribution in [0.4, 0.5) is 5.13 Å². The third kappa shape index (κ3) is 3.20. The number of nitrogens with one attached hydrogen (secondary N) is 1. The second kappa shape index (κ2) is 6.10. The van der Waals surface area contributed by atoms with Gasteiger partial charge >= 0.3 is 0 Å². The van der Waals surface area contributed by atoms with E-state index in [4.69, 9.17) is 4.52 Å². The average molecular weight is 295 g/mol. The zero-order valence-corrected chi connectivity index (χ0v) is 12.7. The van der Waals surface area contributed by atoms with E-state index in [2.05, 4.69) is 20.7 Å². The Labute approximate surface area is 121 Å². The Balaban J connectivity index is 1.98. The van der Waals surface area contributed by atoms with Crippen molar-refractivity contribution < 1.29 is 9.32 Å². The van der Waals surface area contributed by atoms with Gasteiger partial charge in [0.15, 0.2) is 0 Å². The van der Waals surface area contributed by atoms with E-state index in [1.165, 1.54) is 11.3 Å². The molecule has 7 nitrogen and oxygen atoms in total. The summed E-state index contributed by atoms with van der Waals surface area (Å²) < 4.78 is 5.13. The van der Waals surface area contributed by atoms with Crippen LogP contribution in [0.2, 0.25) is 0 Å². The molecule has 20 heavy (non-hydrogen) atoms. The molecule has 2 aromatic rings. The maximum absolute atomic E-state index is 12.1. The lowest BCUT2D eigenvalue weighted by atomic mass is 10.1. The number of nitrogens with zero attached hydrogens (tertiary/aromatic N) is 4. The van der Waals surface area contributed by atoms with Gasteiger partial charge in [-0.3, -0.25) is 15.0 Å². The fraction of sp³-hybridized carbons (Fsp3) is 0.500. The minimum absolute atomic E-state index is 0.115. The molecule has 0 saturated heterocycles. The Morgan fingerprint density at radius 3 is 2.85 bits per heavy atom. The second-order valence-corrected chi connectivity index (χ2v) is 5.46. The summed E-state index contributed by atoms with van der Waals surface area (Å²) in [5.41, 5.74) is 3.45. The first-order valence-corrected chi connectivity index (χ1v) is 7.06. The van der Waals surface area contributed by atoms with Crippen molar-refractivity contribution in [2.45, 2.75) is 33.4 Å². The molecule has 0 aliphatic rings. The van der Waals surface area contributed by atoms with Crippen molar-refractivity contribution in [3.8, 4) is 0 Å². The Morgan fingerprint density at radius 1 is 1.55 bits per heavy atom. The van der Waals surface area contributed by atoms with Crippen molar-refractivity contribution in [2.24, 2.45) is 0 Å². The van der Waals surface area contributed by atoms with Gasteiger partial charge in [-0.15, -0.1) is 10.2 Å². The third-order valence-corrected chi connectivity index (χ3v) is 3.83.